The lowest BCUT2D eigenvalue weighted by Crippen LogP contribution is -2.09. The van der Waals surface area contributed by atoms with Crippen LogP contribution >= 0.6 is 0 Å². The first kappa shape index (κ1) is 10.8. The fourth-order valence-electron chi connectivity index (χ4n) is 1.16. The molecule has 0 aliphatic rings. The van der Waals surface area contributed by atoms with E-state index in [0.717, 1.165) is 6.07 Å². The van der Waals surface area contributed by atoms with E-state index >= 15 is 0 Å². The monoisotopic (exact) mass is 201 g/mol. The second-order valence-corrected chi connectivity index (χ2v) is 3.15. The Hall–Kier alpha value is -1.32. The largest absolute Gasteiger partial charge is 0.416 e. The average molecular weight is 201 g/mol. The van der Waals surface area contributed by atoms with Crippen molar-refractivity contribution in [1.29, 1.82) is 5.41 Å². The first-order valence-electron chi connectivity index (χ1n) is 4.05. The molecule has 0 bridgehead atoms. The zero-order valence-corrected chi connectivity index (χ0v) is 7.87. The Balaban J connectivity index is 3.29. The van der Waals surface area contributed by atoms with Gasteiger partial charge in [0.2, 0.25) is 0 Å². The van der Waals surface area contributed by atoms with Crippen LogP contribution in [0.4, 0.5) is 13.2 Å². The molecule has 0 aliphatic carbocycles. The molecule has 14 heavy (non-hydrogen) atoms. The van der Waals surface area contributed by atoms with Crippen LogP contribution in [0.2, 0.25) is 0 Å². The second kappa shape index (κ2) is 3.44. The van der Waals surface area contributed by atoms with Crippen LogP contribution in [0.3, 0.4) is 0 Å². The highest BCUT2D eigenvalue weighted by atomic mass is 19.4. The molecule has 0 aromatic heterocycles. The lowest BCUT2D eigenvalue weighted by atomic mass is 10.0. The van der Waals surface area contributed by atoms with Crippen LogP contribution in [-0.4, -0.2) is 5.71 Å². The van der Waals surface area contributed by atoms with Crippen LogP contribution in [-0.2, 0) is 6.18 Å². The summed E-state index contributed by atoms with van der Waals surface area (Å²) in [5, 5.41) is 7.24. The summed E-state index contributed by atoms with van der Waals surface area (Å²) in [5.41, 5.74) is -0.0393. The van der Waals surface area contributed by atoms with E-state index in [1.54, 1.807) is 0 Å². The van der Waals surface area contributed by atoms with Gasteiger partial charge in [0.25, 0.3) is 0 Å². The molecule has 76 valence electrons. The van der Waals surface area contributed by atoms with E-state index in [-0.39, 0.29) is 11.3 Å². The summed E-state index contributed by atoms with van der Waals surface area (Å²) in [6.07, 6.45) is -4.34. The molecule has 0 saturated heterocycles. The van der Waals surface area contributed by atoms with E-state index < -0.39 is 11.7 Å². The number of halogens is 3. The summed E-state index contributed by atoms with van der Waals surface area (Å²) in [4.78, 5) is 0. The number of benzene rings is 1. The molecule has 1 aromatic rings. The SMILES string of the molecule is CC(=N)c1ccc(C)c(C(F)(F)F)c1. The van der Waals surface area contributed by atoms with Gasteiger partial charge in [0, 0.05) is 5.71 Å². The molecule has 0 aliphatic heterocycles. The number of hydrogen-bond acceptors (Lipinski definition) is 1. The zero-order chi connectivity index (χ0) is 10.9. The topological polar surface area (TPSA) is 23.9 Å². The molecular formula is C10H10F3N. The quantitative estimate of drug-likeness (QED) is 0.673. The average Bonchev–Trinajstić information content (AvgIpc) is 2.02. The smallest absolute Gasteiger partial charge is 0.305 e. The van der Waals surface area contributed by atoms with Crippen molar-refractivity contribution in [2.45, 2.75) is 20.0 Å². The van der Waals surface area contributed by atoms with Crippen LogP contribution < -0.4 is 0 Å². The number of rotatable bonds is 1. The first-order valence-corrected chi connectivity index (χ1v) is 4.05. The molecule has 0 radical (unpaired) electrons. The number of hydrogen-bond donors (Lipinski definition) is 1. The molecule has 1 N–H and O–H groups in total. The summed E-state index contributed by atoms with van der Waals surface area (Å²) in [5.74, 6) is 0. The van der Waals surface area contributed by atoms with Gasteiger partial charge < -0.3 is 5.41 Å². The van der Waals surface area contributed by atoms with Crippen molar-refractivity contribution in [2.75, 3.05) is 0 Å². The molecule has 0 saturated carbocycles. The van der Waals surface area contributed by atoms with E-state index in [1.165, 1.54) is 26.0 Å². The Morgan fingerprint density at radius 3 is 2.29 bits per heavy atom. The third kappa shape index (κ3) is 2.13. The Labute approximate surface area is 80.1 Å². The van der Waals surface area contributed by atoms with Crippen molar-refractivity contribution in [3.8, 4) is 0 Å². The molecule has 1 nitrogen and oxygen atoms in total. The van der Waals surface area contributed by atoms with Gasteiger partial charge in [-0.2, -0.15) is 13.2 Å². The molecule has 0 spiro atoms. The summed E-state index contributed by atoms with van der Waals surface area (Å²) in [6, 6.07) is 3.92. The maximum absolute atomic E-state index is 12.4. The molecule has 0 heterocycles. The third-order valence-electron chi connectivity index (χ3n) is 1.98. The second-order valence-electron chi connectivity index (χ2n) is 3.15. The molecule has 4 heteroatoms. The van der Waals surface area contributed by atoms with Crippen molar-refractivity contribution in [3.05, 3.63) is 34.9 Å². The lowest BCUT2D eigenvalue weighted by molar-refractivity contribution is -0.138. The Bertz CT molecular complexity index is 366. The van der Waals surface area contributed by atoms with Crippen molar-refractivity contribution in [2.24, 2.45) is 0 Å². The van der Waals surface area contributed by atoms with Gasteiger partial charge in [0.15, 0.2) is 0 Å². The van der Waals surface area contributed by atoms with Gasteiger partial charge in [0.1, 0.15) is 0 Å². The summed E-state index contributed by atoms with van der Waals surface area (Å²) >= 11 is 0. The molecule has 0 amide bonds. The van der Waals surface area contributed by atoms with Crippen molar-refractivity contribution < 1.29 is 13.2 Å². The molecule has 0 atom stereocenters. The molecule has 1 aromatic carbocycles. The lowest BCUT2D eigenvalue weighted by Gasteiger charge is -2.11. The van der Waals surface area contributed by atoms with Crippen LogP contribution in [0.15, 0.2) is 18.2 Å². The van der Waals surface area contributed by atoms with Crippen LogP contribution in [0.25, 0.3) is 0 Å². The summed E-state index contributed by atoms with van der Waals surface area (Å²) in [7, 11) is 0. The Morgan fingerprint density at radius 1 is 1.29 bits per heavy atom. The maximum Gasteiger partial charge on any atom is 0.416 e. The number of aryl methyl sites for hydroxylation is 1. The number of nitrogens with one attached hydrogen (secondary N) is 1. The van der Waals surface area contributed by atoms with Gasteiger partial charge >= 0.3 is 6.18 Å². The standard InChI is InChI=1S/C10H10F3N/c1-6-3-4-8(7(2)14)5-9(6)10(11,12)13/h3-5,14H,1-2H3. The number of alkyl halides is 3. The van der Waals surface area contributed by atoms with Gasteiger partial charge in [-0.15, -0.1) is 0 Å². The minimum atomic E-state index is -4.34. The minimum absolute atomic E-state index is 0.135. The predicted octanol–water partition coefficient (Wildman–Crippen LogP) is 3.40. The molecule has 0 fully saturated rings. The van der Waals surface area contributed by atoms with Crippen LogP contribution in [0, 0.1) is 12.3 Å². The maximum atomic E-state index is 12.4. The minimum Gasteiger partial charge on any atom is -0.305 e. The highest BCUT2D eigenvalue weighted by Gasteiger charge is 2.32. The Kier molecular flexibility index (Phi) is 2.64. The fourth-order valence-corrected chi connectivity index (χ4v) is 1.16. The highest BCUT2D eigenvalue weighted by molar-refractivity contribution is 5.96. The van der Waals surface area contributed by atoms with E-state index in [2.05, 4.69) is 0 Å². The van der Waals surface area contributed by atoms with Gasteiger partial charge in [0.05, 0.1) is 5.56 Å². The van der Waals surface area contributed by atoms with Gasteiger partial charge in [-0.25, -0.2) is 0 Å². The fraction of sp³-hybridized carbons (Fsp3) is 0.300. The van der Waals surface area contributed by atoms with Gasteiger partial charge in [-0.3, -0.25) is 0 Å². The molecule has 0 unspecified atom stereocenters. The normalized spacial score (nSPS) is 11.5. The predicted molar refractivity (Wildman–Crippen MR) is 48.7 cm³/mol. The molecule has 1 rings (SSSR count). The van der Waals surface area contributed by atoms with Crippen molar-refractivity contribution in [3.63, 3.8) is 0 Å². The van der Waals surface area contributed by atoms with E-state index in [1.807, 2.05) is 0 Å². The zero-order valence-electron chi connectivity index (χ0n) is 7.87. The first-order chi connectivity index (χ1) is 6.32. The van der Waals surface area contributed by atoms with Crippen molar-refractivity contribution in [1.82, 2.24) is 0 Å². The Morgan fingerprint density at radius 2 is 1.86 bits per heavy atom. The van der Waals surface area contributed by atoms with E-state index in [4.69, 9.17) is 5.41 Å². The summed E-state index contributed by atoms with van der Waals surface area (Å²) < 4.78 is 37.3. The van der Waals surface area contributed by atoms with Gasteiger partial charge in [-0.05, 0) is 31.0 Å². The van der Waals surface area contributed by atoms with Crippen molar-refractivity contribution >= 4 is 5.71 Å². The third-order valence-corrected chi connectivity index (χ3v) is 1.98. The summed E-state index contributed by atoms with van der Waals surface area (Å²) in [6.45, 7) is 2.87. The van der Waals surface area contributed by atoms with E-state index in [0.29, 0.717) is 5.56 Å². The molecular weight excluding hydrogens is 191 g/mol. The van der Waals surface area contributed by atoms with Crippen LogP contribution in [0.1, 0.15) is 23.6 Å². The van der Waals surface area contributed by atoms with Gasteiger partial charge in [-0.1, -0.05) is 12.1 Å². The highest BCUT2D eigenvalue weighted by Crippen LogP contribution is 2.32. The van der Waals surface area contributed by atoms with Crippen LogP contribution in [0.5, 0.6) is 0 Å². The van der Waals surface area contributed by atoms with E-state index in [9.17, 15) is 13.2 Å².